The fourth-order valence-electron chi connectivity index (χ4n) is 2.57. The molecule has 0 aliphatic rings. The first-order valence-electron chi connectivity index (χ1n) is 7.73. The third kappa shape index (κ3) is 3.61. The van der Waals surface area contributed by atoms with Crippen molar-refractivity contribution in [3.8, 4) is 0 Å². The van der Waals surface area contributed by atoms with Gasteiger partial charge in [0.25, 0.3) is 0 Å². The first kappa shape index (κ1) is 19.2. The van der Waals surface area contributed by atoms with Gasteiger partial charge in [-0.05, 0) is 38.4 Å². The van der Waals surface area contributed by atoms with Crippen molar-refractivity contribution >= 4 is 34.2 Å². The maximum atomic E-state index is 14.1. The molecule has 0 saturated carbocycles. The number of aromatic nitrogens is 2. The van der Waals surface area contributed by atoms with Crippen LogP contribution in [0.3, 0.4) is 0 Å². The highest BCUT2D eigenvalue weighted by Crippen LogP contribution is 2.27. The van der Waals surface area contributed by atoms with E-state index >= 15 is 0 Å². The molecule has 6 nitrogen and oxygen atoms in total. The molecule has 1 heterocycles. The Labute approximate surface area is 157 Å². The third-order valence-corrected chi connectivity index (χ3v) is 4.08. The maximum Gasteiger partial charge on any atom is 0.184 e. The largest absolute Gasteiger partial charge is 0.338 e. The number of imidazole rings is 1. The number of anilines is 1. The first-order chi connectivity index (χ1) is 12.7. The van der Waals surface area contributed by atoms with E-state index < -0.39 is 23.3 Å². The highest BCUT2D eigenvalue weighted by Gasteiger charge is 2.23. The van der Waals surface area contributed by atoms with Gasteiger partial charge in [0.15, 0.2) is 17.5 Å². The van der Waals surface area contributed by atoms with Crippen molar-refractivity contribution in [3.05, 3.63) is 58.1 Å². The second kappa shape index (κ2) is 7.18. The van der Waals surface area contributed by atoms with Crippen LogP contribution >= 0.6 is 11.6 Å². The number of nitrogens with one attached hydrogen (secondary N) is 2. The molecule has 27 heavy (non-hydrogen) atoms. The molecule has 0 spiro atoms. The number of fused-ring (bicyclic) bond motifs is 1. The first-order valence-corrected chi connectivity index (χ1v) is 8.11. The summed E-state index contributed by atoms with van der Waals surface area (Å²) in [6.07, 6.45) is 0. The summed E-state index contributed by atoms with van der Waals surface area (Å²) in [5.41, 5.74) is -0.387. The van der Waals surface area contributed by atoms with E-state index in [1.165, 1.54) is 6.07 Å². The van der Waals surface area contributed by atoms with Crippen LogP contribution in [0.1, 0.15) is 11.4 Å². The predicted octanol–water partition coefficient (Wildman–Crippen LogP) is 3.92. The molecule has 0 aliphatic heterocycles. The number of aromatic amines is 1. The summed E-state index contributed by atoms with van der Waals surface area (Å²) >= 11 is 5.69. The molecule has 0 fully saturated rings. The highest BCUT2D eigenvalue weighted by atomic mass is 35.5. The summed E-state index contributed by atoms with van der Waals surface area (Å²) < 4.78 is 41.5. The number of rotatable bonds is 4. The lowest BCUT2D eigenvalue weighted by molar-refractivity contribution is 0.312. The summed E-state index contributed by atoms with van der Waals surface area (Å²) in [6, 6.07) is 4.08. The van der Waals surface area contributed by atoms with Gasteiger partial charge in [0.2, 0.25) is 0 Å². The van der Waals surface area contributed by atoms with Gasteiger partial charge in [0.1, 0.15) is 22.7 Å². The minimum Gasteiger partial charge on any atom is -0.338 e. The lowest BCUT2D eigenvalue weighted by Crippen LogP contribution is -2.27. The fourth-order valence-corrected chi connectivity index (χ4v) is 2.74. The molecular weight excluding hydrogens is 383 g/mol. The Morgan fingerprint density at radius 1 is 1.22 bits per heavy atom. The smallest absolute Gasteiger partial charge is 0.184 e. The zero-order valence-electron chi connectivity index (χ0n) is 14.3. The number of H-pyrrole nitrogens is 1. The standard InChI is InChI=1S/C17H15ClF3N5O/c1-25(2)7-13-23-15-9(6-12(20)14(21)16(15)24-13)17(22)26(27)8-3-4-11(19)10(18)5-8/h3-6,22,27H,7H2,1-2H3,(H,23,24). The van der Waals surface area contributed by atoms with Crippen molar-refractivity contribution in [1.82, 2.24) is 14.9 Å². The molecule has 0 radical (unpaired) electrons. The molecule has 3 N–H and O–H groups in total. The molecule has 0 atom stereocenters. The summed E-state index contributed by atoms with van der Waals surface area (Å²) in [7, 11) is 3.56. The van der Waals surface area contributed by atoms with E-state index in [0.717, 1.165) is 18.2 Å². The van der Waals surface area contributed by atoms with Crippen LogP contribution in [0.25, 0.3) is 11.0 Å². The molecular formula is C17H15ClF3N5O. The number of hydroxylamine groups is 1. The Hall–Kier alpha value is -2.62. The van der Waals surface area contributed by atoms with Crippen LogP contribution in [0, 0.1) is 22.9 Å². The molecule has 0 amide bonds. The summed E-state index contributed by atoms with van der Waals surface area (Å²) in [5.74, 6) is -3.25. The van der Waals surface area contributed by atoms with Crippen molar-refractivity contribution < 1.29 is 18.4 Å². The van der Waals surface area contributed by atoms with Crippen molar-refractivity contribution in [1.29, 1.82) is 5.41 Å². The van der Waals surface area contributed by atoms with Crippen molar-refractivity contribution in [2.24, 2.45) is 0 Å². The van der Waals surface area contributed by atoms with E-state index in [0.29, 0.717) is 17.4 Å². The predicted molar refractivity (Wildman–Crippen MR) is 95.9 cm³/mol. The van der Waals surface area contributed by atoms with Crippen LogP contribution in [0.5, 0.6) is 0 Å². The molecule has 0 saturated heterocycles. The molecule has 2 aromatic carbocycles. The van der Waals surface area contributed by atoms with E-state index in [9.17, 15) is 18.4 Å². The van der Waals surface area contributed by atoms with Crippen molar-refractivity contribution in [2.75, 3.05) is 19.2 Å². The Morgan fingerprint density at radius 3 is 2.56 bits per heavy atom. The normalized spacial score (nSPS) is 11.4. The van der Waals surface area contributed by atoms with Crippen molar-refractivity contribution in [3.63, 3.8) is 0 Å². The van der Waals surface area contributed by atoms with Gasteiger partial charge in [-0.25, -0.2) is 23.2 Å². The average molecular weight is 398 g/mol. The van der Waals surface area contributed by atoms with E-state index in [2.05, 4.69) is 9.97 Å². The monoisotopic (exact) mass is 397 g/mol. The quantitative estimate of drug-likeness (QED) is 0.354. The zero-order chi connectivity index (χ0) is 19.9. The fraction of sp³-hybridized carbons (Fsp3) is 0.176. The van der Waals surface area contributed by atoms with Crippen LogP contribution in [-0.4, -0.2) is 40.0 Å². The molecule has 0 bridgehead atoms. The minimum atomic E-state index is -1.20. The lowest BCUT2D eigenvalue weighted by Gasteiger charge is -2.18. The Balaban J connectivity index is 2.09. The number of hydrogen-bond acceptors (Lipinski definition) is 4. The summed E-state index contributed by atoms with van der Waals surface area (Å²) in [5, 5.41) is 18.6. The number of amidine groups is 1. The van der Waals surface area contributed by atoms with E-state index in [1.54, 1.807) is 19.0 Å². The SMILES string of the molecule is CN(C)Cc1nc2c(C(=N)N(O)c3ccc(F)c(Cl)c3)cc(F)c(F)c2[nH]1. The lowest BCUT2D eigenvalue weighted by atomic mass is 10.1. The molecule has 0 aliphatic carbocycles. The number of halogens is 4. The molecule has 142 valence electrons. The molecule has 3 aromatic rings. The van der Waals surface area contributed by atoms with Crippen LogP contribution in [0.2, 0.25) is 5.02 Å². The van der Waals surface area contributed by atoms with Gasteiger partial charge in [-0.1, -0.05) is 11.6 Å². The Kier molecular flexibility index (Phi) is 5.09. The second-order valence-electron chi connectivity index (χ2n) is 6.12. The number of benzene rings is 2. The Morgan fingerprint density at radius 2 is 1.93 bits per heavy atom. The third-order valence-electron chi connectivity index (χ3n) is 3.79. The summed E-state index contributed by atoms with van der Waals surface area (Å²) in [6.45, 7) is 0.332. The van der Waals surface area contributed by atoms with Crippen LogP contribution in [0.4, 0.5) is 18.9 Å². The molecule has 0 unspecified atom stereocenters. The van der Waals surface area contributed by atoms with Gasteiger partial charge in [-0.15, -0.1) is 0 Å². The molecule has 3 rings (SSSR count). The van der Waals surface area contributed by atoms with Gasteiger partial charge < -0.3 is 9.88 Å². The van der Waals surface area contributed by atoms with Crippen molar-refractivity contribution in [2.45, 2.75) is 6.54 Å². The van der Waals surface area contributed by atoms with E-state index in [1.807, 2.05) is 0 Å². The average Bonchev–Trinajstić information content (AvgIpc) is 3.02. The van der Waals surface area contributed by atoms with Gasteiger partial charge in [0.05, 0.1) is 22.8 Å². The van der Waals surface area contributed by atoms with E-state index in [-0.39, 0.29) is 27.3 Å². The topological polar surface area (TPSA) is 79.2 Å². The Bertz CT molecular complexity index is 1040. The van der Waals surface area contributed by atoms with Gasteiger partial charge >= 0.3 is 0 Å². The number of hydrogen-bond donors (Lipinski definition) is 3. The van der Waals surface area contributed by atoms with Gasteiger partial charge in [-0.2, -0.15) is 0 Å². The molecule has 1 aromatic heterocycles. The van der Waals surface area contributed by atoms with Gasteiger partial charge in [0, 0.05) is 0 Å². The van der Waals surface area contributed by atoms with E-state index in [4.69, 9.17) is 17.0 Å². The van der Waals surface area contributed by atoms with Crippen LogP contribution in [-0.2, 0) is 6.54 Å². The number of nitrogens with zero attached hydrogens (tertiary/aromatic N) is 3. The molecule has 10 heteroatoms. The van der Waals surface area contributed by atoms with Gasteiger partial charge in [-0.3, -0.25) is 10.6 Å². The zero-order valence-corrected chi connectivity index (χ0v) is 15.1. The summed E-state index contributed by atoms with van der Waals surface area (Å²) in [4.78, 5) is 8.68. The van der Waals surface area contributed by atoms with Crippen LogP contribution in [0.15, 0.2) is 24.3 Å². The maximum absolute atomic E-state index is 14.1. The highest BCUT2D eigenvalue weighted by molar-refractivity contribution is 6.31. The minimum absolute atomic E-state index is 0.0111. The second-order valence-corrected chi connectivity index (χ2v) is 6.53. The van der Waals surface area contributed by atoms with Crippen LogP contribution < -0.4 is 5.06 Å².